The molecule has 1 saturated heterocycles. The zero-order valence-corrected chi connectivity index (χ0v) is 23.7. The molecule has 0 bridgehead atoms. The first-order valence-electron chi connectivity index (χ1n) is 15.1. The lowest BCUT2D eigenvalue weighted by molar-refractivity contribution is -0.0204. The van der Waals surface area contributed by atoms with Gasteiger partial charge in [0.05, 0.1) is 22.5 Å². The van der Waals surface area contributed by atoms with Crippen molar-refractivity contribution in [1.82, 2.24) is 29.0 Å². The molecule has 5 heterocycles. The van der Waals surface area contributed by atoms with Crippen LogP contribution < -0.4 is 5.73 Å². The number of aryl methyl sites for hydroxylation is 1. The van der Waals surface area contributed by atoms with Crippen molar-refractivity contribution in [3.8, 4) is 22.6 Å². The Kier molecular flexibility index (Phi) is 5.06. The van der Waals surface area contributed by atoms with Crippen molar-refractivity contribution in [2.24, 2.45) is 29.4 Å². The molecule has 0 spiro atoms. The summed E-state index contributed by atoms with van der Waals surface area (Å²) in [7, 11) is 0. The number of likely N-dealkylation sites (tertiary alicyclic amines) is 1. The minimum absolute atomic E-state index is 0.0572. The summed E-state index contributed by atoms with van der Waals surface area (Å²) in [6, 6.07) is 10.7. The molecule has 2 amide bonds. The van der Waals surface area contributed by atoms with Crippen molar-refractivity contribution in [3.63, 3.8) is 0 Å². The summed E-state index contributed by atoms with van der Waals surface area (Å²) in [6.07, 6.45) is 8.26. The minimum atomic E-state index is -0.802. The quantitative estimate of drug-likeness (QED) is 0.311. The Morgan fingerprint density at radius 2 is 1.93 bits per heavy atom. The second kappa shape index (κ2) is 8.72. The summed E-state index contributed by atoms with van der Waals surface area (Å²) in [5.74, 6) is 1.38. The average molecular weight is 576 g/mol. The number of halogens is 1. The number of benzene rings is 1. The molecule has 5 aromatic rings. The van der Waals surface area contributed by atoms with E-state index in [0.717, 1.165) is 77.8 Å². The second-order valence-corrected chi connectivity index (χ2v) is 12.9. The molecule has 2 N–H and O–H groups in total. The Balaban J connectivity index is 1.11. The molecule has 3 unspecified atom stereocenters. The van der Waals surface area contributed by atoms with Crippen LogP contribution in [0.3, 0.4) is 0 Å². The van der Waals surface area contributed by atoms with Crippen LogP contribution in [0.2, 0.25) is 0 Å². The van der Waals surface area contributed by atoms with Crippen LogP contribution in [0.1, 0.15) is 52.0 Å². The van der Waals surface area contributed by atoms with Crippen LogP contribution in [-0.4, -0.2) is 53.5 Å². The van der Waals surface area contributed by atoms with Crippen LogP contribution in [0, 0.1) is 36.4 Å². The lowest BCUT2D eigenvalue weighted by Crippen LogP contribution is -2.53. The summed E-state index contributed by atoms with van der Waals surface area (Å²) >= 11 is 0. The van der Waals surface area contributed by atoms with Gasteiger partial charge in [-0.05, 0) is 86.6 Å². The lowest BCUT2D eigenvalue weighted by Gasteiger charge is -2.52. The molecule has 4 aliphatic rings. The molecule has 1 aliphatic heterocycles. The van der Waals surface area contributed by atoms with E-state index in [0.29, 0.717) is 34.7 Å². The highest BCUT2D eigenvalue weighted by Gasteiger charge is 2.61. The molecule has 3 saturated carbocycles. The molecule has 1 aromatic carbocycles. The first kappa shape index (κ1) is 24.9. The van der Waals surface area contributed by atoms with Crippen molar-refractivity contribution < 1.29 is 14.0 Å². The molecule has 3 aliphatic carbocycles. The predicted octanol–water partition coefficient (Wildman–Crippen LogP) is 4.85. The number of nitrogens with zero attached hydrogens (tertiary/aromatic N) is 6. The normalized spacial score (nSPS) is 23.8. The average Bonchev–Trinajstić information content (AvgIpc) is 3.66. The first-order valence-corrected chi connectivity index (χ1v) is 15.1. The van der Waals surface area contributed by atoms with Gasteiger partial charge in [0.15, 0.2) is 5.65 Å². The van der Waals surface area contributed by atoms with Gasteiger partial charge in [-0.15, -0.1) is 0 Å². The fraction of sp³-hybridized carbons (Fsp3) is 0.364. The van der Waals surface area contributed by atoms with Gasteiger partial charge in [-0.25, -0.2) is 18.9 Å². The third-order valence-corrected chi connectivity index (χ3v) is 10.4. The van der Waals surface area contributed by atoms with Crippen LogP contribution >= 0.6 is 0 Å². The smallest absolute Gasteiger partial charge is 0.257 e. The monoisotopic (exact) mass is 575 g/mol. The van der Waals surface area contributed by atoms with Gasteiger partial charge in [0.2, 0.25) is 0 Å². The lowest BCUT2D eigenvalue weighted by atomic mass is 9.53. The minimum Gasteiger partial charge on any atom is -0.366 e. The maximum absolute atomic E-state index is 14.6. The van der Waals surface area contributed by atoms with E-state index in [-0.39, 0.29) is 11.5 Å². The van der Waals surface area contributed by atoms with E-state index in [1.54, 1.807) is 16.8 Å². The summed E-state index contributed by atoms with van der Waals surface area (Å²) in [5.41, 5.74) is 11.1. The van der Waals surface area contributed by atoms with E-state index in [1.807, 2.05) is 25.3 Å². The van der Waals surface area contributed by atoms with Gasteiger partial charge in [0.1, 0.15) is 17.2 Å². The summed E-state index contributed by atoms with van der Waals surface area (Å²) < 4.78 is 18.5. The molecule has 9 rings (SSSR count). The van der Waals surface area contributed by atoms with Gasteiger partial charge in [-0.2, -0.15) is 5.10 Å². The molecule has 4 aromatic heterocycles. The number of rotatable bonds is 6. The van der Waals surface area contributed by atoms with Crippen LogP contribution in [0.5, 0.6) is 0 Å². The SMILES string of the molecule is Cc1c(-c2cc3ccc(-c4ccc(C(N)=O)c(F)c4)nc3n2CC2CC2)nn2cc(C(=O)N3CC4CC5CC3[C@H]54)cnc12. The Hall–Kier alpha value is -4.60. The molecule has 9 nitrogen and oxygen atoms in total. The Morgan fingerprint density at radius 1 is 1.07 bits per heavy atom. The molecular formula is C33H30FN7O2. The molecule has 0 radical (unpaired) electrons. The molecular weight excluding hydrogens is 545 g/mol. The third kappa shape index (κ3) is 3.64. The number of carbonyl (C=O) groups is 2. The number of carbonyl (C=O) groups excluding carboxylic acids is 2. The zero-order valence-electron chi connectivity index (χ0n) is 23.7. The Morgan fingerprint density at radius 3 is 2.67 bits per heavy atom. The topological polar surface area (TPSA) is 111 Å². The number of aromatic nitrogens is 5. The van der Waals surface area contributed by atoms with Crippen LogP contribution in [0.25, 0.3) is 39.3 Å². The summed E-state index contributed by atoms with van der Waals surface area (Å²) in [5, 5.41) is 5.92. The number of hydrogen-bond donors (Lipinski definition) is 1. The van der Waals surface area contributed by atoms with Crippen molar-refractivity contribution in [2.45, 2.75) is 45.2 Å². The fourth-order valence-corrected chi connectivity index (χ4v) is 7.87. The van der Waals surface area contributed by atoms with Gasteiger partial charge in [0, 0.05) is 48.0 Å². The number of hydrogen-bond acceptors (Lipinski definition) is 5. The van der Waals surface area contributed by atoms with Crippen LogP contribution in [-0.2, 0) is 6.54 Å². The number of nitrogens with two attached hydrogens (primary N) is 1. The number of primary amides is 1. The van der Waals surface area contributed by atoms with E-state index in [1.165, 1.54) is 18.6 Å². The standard InChI is InChI=1S/C33H30FN7O2/c1-16-29(38-41-15-22(12-36-31(16)41)33(43)40-14-21-8-20-11-26(40)28(20)21)27-10-19-5-7-25(37-32(19)39(27)13-17-2-3-17)18-4-6-23(30(35)42)24(34)9-18/h4-7,9-10,12,15,17,20-21,26,28H,2-3,8,11,13-14H2,1H3,(H2,35,42)/t20?,21?,26?,28-/m1/s1. The number of fused-ring (bicyclic) bond motifs is 2. The zero-order chi connectivity index (χ0) is 29.1. The third-order valence-electron chi connectivity index (χ3n) is 10.4. The maximum atomic E-state index is 14.6. The van der Waals surface area contributed by atoms with Gasteiger partial charge in [-0.3, -0.25) is 9.59 Å². The first-order chi connectivity index (χ1) is 20.8. The van der Waals surface area contributed by atoms with E-state index in [2.05, 4.69) is 15.5 Å². The van der Waals surface area contributed by atoms with Gasteiger partial charge < -0.3 is 15.2 Å². The van der Waals surface area contributed by atoms with Crippen molar-refractivity contribution in [3.05, 3.63) is 71.3 Å². The maximum Gasteiger partial charge on any atom is 0.257 e. The number of pyridine rings is 1. The molecule has 4 atom stereocenters. The predicted molar refractivity (Wildman–Crippen MR) is 158 cm³/mol. The summed E-state index contributed by atoms with van der Waals surface area (Å²) in [4.78, 5) is 36.8. The van der Waals surface area contributed by atoms with Crippen LogP contribution in [0.4, 0.5) is 4.39 Å². The Bertz CT molecular complexity index is 2020. The van der Waals surface area contributed by atoms with Gasteiger partial charge in [-0.1, -0.05) is 6.07 Å². The van der Waals surface area contributed by atoms with E-state index in [4.69, 9.17) is 20.8 Å². The molecule has 216 valence electrons. The highest BCUT2D eigenvalue weighted by Crippen LogP contribution is 2.60. The van der Waals surface area contributed by atoms with E-state index in [9.17, 15) is 14.0 Å². The molecule has 4 fully saturated rings. The molecule has 10 heteroatoms. The van der Waals surface area contributed by atoms with E-state index < -0.39 is 11.7 Å². The highest BCUT2D eigenvalue weighted by molar-refractivity contribution is 5.95. The largest absolute Gasteiger partial charge is 0.366 e. The van der Waals surface area contributed by atoms with Gasteiger partial charge >= 0.3 is 0 Å². The van der Waals surface area contributed by atoms with E-state index >= 15 is 0 Å². The highest BCUT2D eigenvalue weighted by atomic mass is 19.1. The van der Waals surface area contributed by atoms with Crippen molar-refractivity contribution >= 4 is 28.5 Å². The second-order valence-electron chi connectivity index (χ2n) is 12.9. The fourth-order valence-electron chi connectivity index (χ4n) is 7.87. The molecule has 43 heavy (non-hydrogen) atoms. The number of amides is 2. The van der Waals surface area contributed by atoms with Crippen molar-refractivity contribution in [1.29, 1.82) is 0 Å². The summed E-state index contributed by atoms with van der Waals surface area (Å²) in [6.45, 7) is 3.68. The van der Waals surface area contributed by atoms with Crippen molar-refractivity contribution in [2.75, 3.05) is 6.54 Å². The van der Waals surface area contributed by atoms with Crippen LogP contribution in [0.15, 0.2) is 48.8 Å². The van der Waals surface area contributed by atoms with Gasteiger partial charge in [0.25, 0.3) is 11.8 Å². The Labute approximate surface area is 246 Å².